The summed E-state index contributed by atoms with van der Waals surface area (Å²) in [5, 5.41) is 9.37. The summed E-state index contributed by atoms with van der Waals surface area (Å²) >= 11 is 0. The van der Waals surface area contributed by atoms with Gasteiger partial charge in [0, 0.05) is 0 Å². The molecule has 4 heteroatoms. The monoisotopic (exact) mass is 223 g/mol. The molecule has 1 N–H and O–H groups in total. The maximum Gasteiger partial charge on any atom is 0.324 e. The molecule has 16 heavy (non-hydrogen) atoms. The molecule has 88 valence electrons. The van der Waals surface area contributed by atoms with Crippen LogP contribution in [-0.2, 0) is 11.3 Å². The van der Waals surface area contributed by atoms with E-state index in [0.717, 1.165) is 18.6 Å². The van der Waals surface area contributed by atoms with Gasteiger partial charge >= 0.3 is 5.97 Å². The second-order valence-electron chi connectivity index (χ2n) is 4.66. The van der Waals surface area contributed by atoms with Crippen LogP contribution in [0.3, 0.4) is 0 Å². The first-order valence-corrected chi connectivity index (χ1v) is 5.52. The summed E-state index contributed by atoms with van der Waals surface area (Å²) in [6.45, 7) is 2.34. The topological polar surface area (TPSA) is 53.7 Å². The Labute approximate surface area is 94.9 Å². The van der Waals surface area contributed by atoms with Gasteiger partial charge in [-0.15, -0.1) is 0 Å². The molecule has 1 aromatic heterocycles. The minimum absolute atomic E-state index is 0.268. The molecule has 0 bridgehead atoms. The number of likely N-dealkylation sites (N-methyl/N-ethyl adjacent to an activating group) is 1. The van der Waals surface area contributed by atoms with Gasteiger partial charge in [-0.3, -0.25) is 9.69 Å². The van der Waals surface area contributed by atoms with Gasteiger partial charge < -0.3 is 9.52 Å². The predicted molar refractivity (Wildman–Crippen MR) is 58.9 cm³/mol. The quantitative estimate of drug-likeness (QED) is 0.829. The van der Waals surface area contributed by atoms with Crippen molar-refractivity contribution in [2.24, 2.45) is 5.92 Å². The van der Waals surface area contributed by atoms with E-state index in [1.807, 2.05) is 24.1 Å². The zero-order valence-electron chi connectivity index (χ0n) is 9.64. The van der Waals surface area contributed by atoms with Crippen molar-refractivity contribution < 1.29 is 14.3 Å². The molecule has 0 amide bonds. The van der Waals surface area contributed by atoms with Gasteiger partial charge in [-0.1, -0.05) is 0 Å². The standard InChI is InChI=1S/C12H17NO3/c1-12(11(14)15,9-5-6-9)13(2)8-10-4-3-7-16-10/h3-4,7,9H,5-6,8H2,1-2H3,(H,14,15). The second kappa shape index (κ2) is 3.94. The number of rotatable bonds is 5. The molecule has 1 atom stereocenters. The average Bonchev–Trinajstić information content (AvgIpc) is 2.97. The van der Waals surface area contributed by atoms with Gasteiger partial charge in [0.2, 0.25) is 0 Å². The molecule has 0 spiro atoms. The highest BCUT2D eigenvalue weighted by Gasteiger charge is 2.50. The van der Waals surface area contributed by atoms with E-state index in [1.165, 1.54) is 0 Å². The molecule has 1 unspecified atom stereocenters. The third-order valence-electron chi connectivity index (χ3n) is 3.57. The lowest BCUT2D eigenvalue weighted by molar-refractivity contribution is -0.151. The fourth-order valence-electron chi connectivity index (χ4n) is 2.10. The van der Waals surface area contributed by atoms with Crippen molar-refractivity contribution in [3.8, 4) is 0 Å². The van der Waals surface area contributed by atoms with E-state index in [4.69, 9.17) is 4.42 Å². The number of carboxylic acid groups (broad SMARTS) is 1. The smallest absolute Gasteiger partial charge is 0.324 e. The zero-order valence-corrected chi connectivity index (χ0v) is 9.64. The van der Waals surface area contributed by atoms with E-state index in [1.54, 1.807) is 13.2 Å². The minimum Gasteiger partial charge on any atom is -0.480 e. The van der Waals surface area contributed by atoms with E-state index in [0.29, 0.717) is 6.54 Å². The normalized spacial score (nSPS) is 19.7. The first-order chi connectivity index (χ1) is 7.55. The van der Waals surface area contributed by atoms with Crippen LogP contribution < -0.4 is 0 Å². The van der Waals surface area contributed by atoms with Crippen LogP contribution in [0.25, 0.3) is 0 Å². The summed E-state index contributed by atoms with van der Waals surface area (Å²) in [6.07, 6.45) is 3.62. The van der Waals surface area contributed by atoms with Crippen LogP contribution in [0.1, 0.15) is 25.5 Å². The van der Waals surface area contributed by atoms with Crippen LogP contribution in [0.5, 0.6) is 0 Å². The molecule has 1 aromatic rings. The van der Waals surface area contributed by atoms with E-state index < -0.39 is 11.5 Å². The number of hydrogen-bond acceptors (Lipinski definition) is 3. The Bertz CT molecular complexity index is 370. The molecule has 0 aromatic carbocycles. The summed E-state index contributed by atoms with van der Waals surface area (Å²) in [6, 6.07) is 3.68. The number of aliphatic carboxylic acids is 1. The van der Waals surface area contributed by atoms with Crippen molar-refractivity contribution in [1.29, 1.82) is 0 Å². The number of carbonyl (C=O) groups is 1. The Morgan fingerprint density at radius 2 is 2.38 bits per heavy atom. The third kappa shape index (κ3) is 1.85. The molecule has 1 saturated carbocycles. The number of furan rings is 1. The Balaban J connectivity index is 2.11. The van der Waals surface area contributed by atoms with Crippen molar-refractivity contribution >= 4 is 5.97 Å². The van der Waals surface area contributed by atoms with Crippen LogP contribution in [0.15, 0.2) is 22.8 Å². The second-order valence-corrected chi connectivity index (χ2v) is 4.66. The molecule has 1 heterocycles. The van der Waals surface area contributed by atoms with Gasteiger partial charge in [-0.25, -0.2) is 0 Å². The van der Waals surface area contributed by atoms with Gasteiger partial charge in [-0.2, -0.15) is 0 Å². The lowest BCUT2D eigenvalue weighted by Crippen LogP contribution is -2.51. The molecule has 1 aliphatic carbocycles. The summed E-state index contributed by atoms with van der Waals surface area (Å²) in [5.41, 5.74) is -0.771. The zero-order chi connectivity index (χ0) is 11.8. The Morgan fingerprint density at radius 3 is 2.81 bits per heavy atom. The molecule has 1 aliphatic rings. The van der Waals surface area contributed by atoms with E-state index in [2.05, 4.69) is 0 Å². The van der Waals surface area contributed by atoms with Gasteiger partial charge in [-0.05, 0) is 44.9 Å². The first kappa shape index (κ1) is 11.2. The van der Waals surface area contributed by atoms with Crippen LogP contribution in [0.2, 0.25) is 0 Å². The maximum absolute atomic E-state index is 11.4. The average molecular weight is 223 g/mol. The van der Waals surface area contributed by atoms with E-state index in [-0.39, 0.29) is 5.92 Å². The summed E-state index contributed by atoms with van der Waals surface area (Å²) < 4.78 is 5.24. The molecule has 0 saturated heterocycles. The van der Waals surface area contributed by atoms with Crippen molar-refractivity contribution in [1.82, 2.24) is 4.90 Å². The summed E-state index contributed by atoms with van der Waals surface area (Å²) in [7, 11) is 1.84. The van der Waals surface area contributed by atoms with Crippen LogP contribution in [0.4, 0.5) is 0 Å². The Morgan fingerprint density at radius 1 is 1.69 bits per heavy atom. The molecule has 0 aliphatic heterocycles. The minimum atomic E-state index is -0.771. The van der Waals surface area contributed by atoms with Crippen molar-refractivity contribution in [3.05, 3.63) is 24.2 Å². The van der Waals surface area contributed by atoms with Crippen LogP contribution >= 0.6 is 0 Å². The Kier molecular flexibility index (Phi) is 2.76. The van der Waals surface area contributed by atoms with Gasteiger partial charge in [0.25, 0.3) is 0 Å². The first-order valence-electron chi connectivity index (χ1n) is 5.52. The highest BCUT2D eigenvalue weighted by Crippen LogP contribution is 2.43. The highest BCUT2D eigenvalue weighted by molar-refractivity contribution is 5.79. The molecule has 0 radical (unpaired) electrons. The molecule has 4 nitrogen and oxygen atoms in total. The number of carboxylic acids is 1. The van der Waals surface area contributed by atoms with E-state index in [9.17, 15) is 9.90 Å². The summed E-state index contributed by atoms with van der Waals surface area (Å²) in [5.74, 6) is 0.324. The van der Waals surface area contributed by atoms with Crippen molar-refractivity contribution in [3.63, 3.8) is 0 Å². The number of hydrogen-bond donors (Lipinski definition) is 1. The molecule has 1 fully saturated rings. The molecular formula is C12H17NO3. The van der Waals surface area contributed by atoms with Crippen LogP contribution in [0, 0.1) is 5.92 Å². The lowest BCUT2D eigenvalue weighted by Gasteiger charge is -2.34. The lowest BCUT2D eigenvalue weighted by atomic mass is 9.94. The van der Waals surface area contributed by atoms with Crippen LogP contribution in [-0.4, -0.2) is 28.6 Å². The summed E-state index contributed by atoms with van der Waals surface area (Å²) in [4.78, 5) is 13.3. The molecular weight excluding hydrogens is 206 g/mol. The van der Waals surface area contributed by atoms with Crippen molar-refractivity contribution in [2.45, 2.75) is 31.8 Å². The van der Waals surface area contributed by atoms with E-state index >= 15 is 0 Å². The SMILES string of the molecule is CN(Cc1ccco1)C(C)(C(=O)O)C1CC1. The molecule has 2 rings (SSSR count). The van der Waals surface area contributed by atoms with Gasteiger partial charge in [0.15, 0.2) is 0 Å². The third-order valence-corrected chi connectivity index (χ3v) is 3.57. The fourth-order valence-corrected chi connectivity index (χ4v) is 2.10. The van der Waals surface area contributed by atoms with Gasteiger partial charge in [0.05, 0.1) is 12.8 Å². The highest BCUT2D eigenvalue weighted by atomic mass is 16.4. The predicted octanol–water partition coefficient (Wildman–Crippen LogP) is 1.96. The van der Waals surface area contributed by atoms with Crippen molar-refractivity contribution in [2.75, 3.05) is 7.05 Å². The largest absolute Gasteiger partial charge is 0.480 e. The van der Waals surface area contributed by atoms with Gasteiger partial charge in [0.1, 0.15) is 11.3 Å². The number of nitrogens with zero attached hydrogens (tertiary/aromatic N) is 1. The Hall–Kier alpha value is -1.29. The fraction of sp³-hybridized carbons (Fsp3) is 0.583. The maximum atomic E-state index is 11.4.